The summed E-state index contributed by atoms with van der Waals surface area (Å²) < 4.78 is 0. The molecule has 0 radical (unpaired) electrons. The Kier molecular flexibility index (Phi) is 3.13. The molecule has 2 N–H and O–H groups in total. The van der Waals surface area contributed by atoms with Crippen LogP contribution in [-0.4, -0.2) is 17.9 Å². The molecule has 0 aliphatic carbocycles. The number of benzene rings is 1. The quantitative estimate of drug-likeness (QED) is 0.700. The number of hydrogen-bond donors (Lipinski definition) is 1. The lowest BCUT2D eigenvalue weighted by molar-refractivity contribution is -0.132. The fourth-order valence-electron chi connectivity index (χ4n) is 1.69. The van der Waals surface area contributed by atoms with E-state index in [4.69, 9.17) is 5.73 Å². The van der Waals surface area contributed by atoms with E-state index in [0.29, 0.717) is 6.54 Å². The average Bonchev–Trinajstić information content (AvgIpc) is 2.15. The molecule has 1 aromatic carbocycles. The standard InChI is InChI=1S/C10H12N2O.ClH/c1-12-6-7-4-2-3-5-8(7)9(11)10(12)13;/h2-5,9H,6,11H2,1H3;1H. The maximum Gasteiger partial charge on any atom is 0.244 e. The van der Waals surface area contributed by atoms with Crippen LogP contribution >= 0.6 is 12.4 Å². The first-order valence-corrected chi connectivity index (χ1v) is 4.28. The highest BCUT2D eigenvalue weighted by atomic mass is 35.5. The van der Waals surface area contributed by atoms with Gasteiger partial charge in [-0.2, -0.15) is 0 Å². The average molecular weight is 213 g/mol. The minimum absolute atomic E-state index is 0. The minimum Gasteiger partial charge on any atom is -0.340 e. The third-order valence-corrected chi connectivity index (χ3v) is 2.44. The molecule has 0 aromatic heterocycles. The van der Waals surface area contributed by atoms with Crippen LogP contribution in [0.4, 0.5) is 0 Å². The van der Waals surface area contributed by atoms with Gasteiger partial charge < -0.3 is 10.6 Å². The summed E-state index contributed by atoms with van der Waals surface area (Å²) in [5, 5.41) is 0. The molecule has 1 aliphatic heterocycles. The van der Waals surface area contributed by atoms with Crippen molar-refractivity contribution in [2.45, 2.75) is 12.6 Å². The van der Waals surface area contributed by atoms with Gasteiger partial charge in [-0.15, -0.1) is 12.4 Å². The van der Waals surface area contributed by atoms with Gasteiger partial charge in [0.15, 0.2) is 0 Å². The van der Waals surface area contributed by atoms with Crippen LogP contribution in [0.2, 0.25) is 0 Å². The number of likely N-dealkylation sites (N-methyl/N-ethyl adjacent to an activating group) is 1. The van der Waals surface area contributed by atoms with E-state index in [-0.39, 0.29) is 18.3 Å². The van der Waals surface area contributed by atoms with E-state index in [9.17, 15) is 4.79 Å². The highest BCUT2D eigenvalue weighted by Gasteiger charge is 2.27. The molecule has 0 bridgehead atoms. The molecule has 1 atom stereocenters. The molecule has 1 aliphatic rings. The van der Waals surface area contributed by atoms with Crippen LogP contribution in [0.15, 0.2) is 24.3 Å². The molecule has 0 fully saturated rings. The summed E-state index contributed by atoms with van der Waals surface area (Å²) in [6, 6.07) is 7.34. The third-order valence-electron chi connectivity index (χ3n) is 2.44. The Balaban J connectivity index is 0.000000980. The largest absolute Gasteiger partial charge is 0.340 e. The van der Waals surface area contributed by atoms with Gasteiger partial charge in [0.25, 0.3) is 0 Å². The first-order chi connectivity index (χ1) is 6.20. The number of fused-ring (bicyclic) bond motifs is 1. The van der Waals surface area contributed by atoms with Gasteiger partial charge >= 0.3 is 0 Å². The highest BCUT2D eigenvalue weighted by Crippen LogP contribution is 2.24. The second kappa shape index (κ2) is 3.98. The van der Waals surface area contributed by atoms with Crippen LogP contribution in [0.25, 0.3) is 0 Å². The number of hydrogen-bond acceptors (Lipinski definition) is 2. The van der Waals surface area contributed by atoms with Crippen molar-refractivity contribution in [2.75, 3.05) is 7.05 Å². The van der Waals surface area contributed by atoms with Crippen molar-refractivity contribution >= 4 is 18.3 Å². The van der Waals surface area contributed by atoms with Crippen molar-refractivity contribution in [1.82, 2.24) is 4.90 Å². The van der Waals surface area contributed by atoms with Gasteiger partial charge in [-0.25, -0.2) is 0 Å². The van der Waals surface area contributed by atoms with Crippen LogP contribution in [0.5, 0.6) is 0 Å². The lowest BCUT2D eigenvalue weighted by atomic mass is 9.96. The summed E-state index contributed by atoms with van der Waals surface area (Å²) in [5.74, 6) is -0.00120. The Morgan fingerprint density at radius 1 is 1.43 bits per heavy atom. The SMILES string of the molecule is CN1Cc2ccccc2C(N)C1=O.Cl. The van der Waals surface area contributed by atoms with Crippen molar-refractivity contribution in [3.05, 3.63) is 35.4 Å². The first-order valence-electron chi connectivity index (χ1n) is 4.28. The third kappa shape index (κ3) is 1.61. The monoisotopic (exact) mass is 212 g/mol. The van der Waals surface area contributed by atoms with Crippen molar-refractivity contribution in [3.63, 3.8) is 0 Å². The van der Waals surface area contributed by atoms with Gasteiger partial charge in [0.1, 0.15) is 6.04 Å². The van der Waals surface area contributed by atoms with Gasteiger partial charge in [-0.05, 0) is 11.1 Å². The smallest absolute Gasteiger partial charge is 0.244 e. The summed E-state index contributed by atoms with van der Waals surface area (Å²) in [5.41, 5.74) is 7.90. The van der Waals surface area contributed by atoms with Gasteiger partial charge in [-0.3, -0.25) is 4.79 Å². The molecular weight excluding hydrogens is 200 g/mol. The summed E-state index contributed by atoms with van der Waals surface area (Å²) >= 11 is 0. The molecule has 14 heavy (non-hydrogen) atoms. The second-order valence-corrected chi connectivity index (χ2v) is 3.37. The Bertz CT molecular complexity index is 354. The maximum atomic E-state index is 11.5. The van der Waals surface area contributed by atoms with E-state index < -0.39 is 6.04 Å². The van der Waals surface area contributed by atoms with Crippen LogP contribution < -0.4 is 5.73 Å². The molecule has 3 nitrogen and oxygen atoms in total. The zero-order valence-electron chi connectivity index (χ0n) is 7.93. The van der Waals surface area contributed by atoms with Crippen molar-refractivity contribution in [2.24, 2.45) is 5.73 Å². The van der Waals surface area contributed by atoms with Crippen LogP contribution in [0.1, 0.15) is 17.2 Å². The molecule has 4 heteroatoms. The van der Waals surface area contributed by atoms with E-state index in [1.165, 1.54) is 0 Å². The minimum atomic E-state index is -0.477. The van der Waals surface area contributed by atoms with Crippen LogP contribution in [-0.2, 0) is 11.3 Å². The zero-order valence-corrected chi connectivity index (χ0v) is 8.75. The molecule has 1 amide bonds. The first kappa shape index (κ1) is 11.0. The Hall–Kier alpha value is -1.06. The molecule has 2 rings (SSSR count). The fraction of sp³-hybridized carbons (Fsp3) is 0.300. The van der Waals surface area contributed by atoms with Crippen molar-refractivity contribution < 1.29 is 4.79 Å². The van der Waals surface area contributed by atoms with Crippen molar-refractivity contribution in [1.29, 1.82) is 0 Å². The number of halogens is 1. The normalized spacial score (nSPS) is 20.0. The number of nitrogens with zero attached hydrogens (tertiary/aromatic N) is 1. The molecule has 0 spiro atoms. The van der Waals surface area contributed by atoms with Gasteiger partial charge in [0.05, 0.1) is 0 Å². The molecule has 1 unspecified atom stereocenters. The predicted molar refractivity (Wildman–Crippen MR) is 57.1 cm³/mol. The summed E-state index contributed by atoms with van der Waals surface area (Å²) in [7, 11) is 1.78. The summed E-state index contributed by atoms with van der Waals surface area (Å²) in [4.78, 5) is 13.1. The van der Waals surface area contributed by atoms with Crippen LogP contribution in [0, 0.1) is 0 Å². The summed E-state index contributed by atoms with van der Waals surface area (Å²) in [6.07, 6.45) is 0. The van der Waals surface area contributed by atoms with Gasteiger partial charge in [0.2, 0.25) is 5.91 Å². The fourth-order valence-corrected chi connectivity index (χ4v) is 1.69. The lowest BCUT2D eigenvalue weighted by Gasteiger charge is -2.29. The Morgan fingerprint density at radius 3 is 2.79 bits per heavy atom. The predicted octanol–water partition coefficient (Wildman–Crippen LogP) is 1.08. The molecule has 1 heterocycles. The lowest BCUT2D eigenvalue weighted by Crippen LogP contribution is -2.40. The Morgan fingerprint density at radius 2 is 2.07 bits per heavy atom. The zero-order chi connectivity index (χ0) is 9.42. The Labute approximate surface area is 89.3 Å². The van der Waals surface area contributed by atoms with Crippen LogP contribution in [0.3, 0.4) is 0 Å². The van der Waals surface area contributed by atoms with E-state index in [1.807, 2.05) is 24.3 Å². The van der Waals surface area contributed by atoms with E-state index in [1.54, 1.807) is 11.9 Å². The highest BCUT2D eigenvalue weighted by molar-refractivity contribution is 5.85. The molecule has 0 saturated heterocycles. The number of carbonyl (C=O) groups excluding carboxylic acids is 1. The van der Waals surface area contributed by atoms with E-state index in [0.717, 1.165) is 11.1 Å². The molecule has 1 aromatic rings. The molecule has 0 saturated carbocycles. The second-order valence-electron chi connectivity index (χ2n) is 3.37. The van der Waals surface area contributed by atoms with Gasteiger partial charge in [-0.1, -0.05) is 24.3 Å². The molecular formula is C10H13ClN2O. The topological polar surface area (TPSA) is 46.3 Å². The number of carbonyl (C=O) groups is 1. The number of nitrogens with two attached hydrogens (primary N) is 1. The van der Waals surface area contributed by atoms with E-state index in [2.05, 4.69) is 0 Å². The van der Waals surface area contributed by atoms with Gasteiger partial charge in [0, 0.05) is 13.6 Å². The number of amides is 1. The number of rotatable bonds is 0. The van der Waals surface area contributed by atoms with E-state index >= 15 is 0 Å². The molecule has 76 valence electrons. The van der Waals surface area contributed by atoms with Crippen molar-refractivity contribution in [3.8, 4) is 0 Å². The summed E-state index contributed by atoms with van der Waals surface area (Å²) in [6.45, 7) is 0.669. The maximum absolute atomic E-state index is 11.5.